The summed E-state index contributed by atoms with van der Waals surface area (Å²) < 4.78 is 13.2. The maximum atomic E-state index is 11.7. The summed E-state index contributed by atoms with van der Waals surface area (Å²) >= 11 is 3.27. The van der Waals surface area contributed by atoms with E-state index in [1.54, 1.807) is 23.1 Å². The number of hydrogen-bond acceptors (Lipinski definition) is 8. The number of nitrogens with zero attached hydrogens (tertiary/aromatic N) is 3. The Morgan fingerprint density at radius 1 is 1.08 bits per heavy atom. The van der Waals surface area contributed by atoms with Gasteiger partial charge in [0.15, 0.2) is 5.16 Å². The average Bonchev–Trinajstić information content (AvgIpc) is 3.54. The first-order chi connectivity index (χ1) is 18.1. The fourth-order valence-electron chi connectivity index (χ4n) is 3.68. The van der Waals surface area contributed by atoms with E-state index >= 15 is 0 Å². The lowest BCUT2D eigenvalue weighted by molar-refractivity contribution is -0.142. The molecule has 0 amide bonds. The molecule has 194 valence electrons. The number of benzene rings is 2. The number of anilines is 1. The van der Waals surface area contributed by atoms with Crippen LogP contribution in [0.1, 0.15) is 42.8 Å². The van der Waals surface area contributed by atoms with E-state index in [2.05, 4.69) is 62.0 Å². The maximum Gasteiger partial charge on any atom is 0.310 e. The van der Waals surface area contributed by atoms with Gasteiger partial charge < -0.3 is 19.4 Å². The van der Waals surface area contributed by atoms with Crippen molar-refractivity contribution in [1.29, 1.82) is 0 Å². The van der Waals surface area contributed by atoms with Gasteiger partial charge in [-0.15, -0.1) is 10.2 Å². The molecule has 7 nitrogen and oxygen atoms in total. The molecule has 1 N–H and O–H groups in total. The van der Waals surface area contributed by atoms with Gasteiger partial charge >= 0.3 is 5.97 Å². The minimum absolute atomic E-state index is 0.209. The molecule has 37 heavy (non-hydrogen) atoms. The smallest absolute Gasteiger partial charge is 0.310 e. The fraction of sp³-hybridized carbons (Fsp3) is 0.321. The Kier molecular flexibility index (Phi) is 9.62. The van der Waals surface area contributed by atoms with E-state index in [1.807, 2.05) is 38.2 Å². The quantitative estimate of drug-likeness (QED) is 0.206. The van der Waals surface area contributed by atoms with E-state index in [0.29, 0.717) is 19.8 Å². The van der Waals surface area contributed by atoms with Gasteiger partial charge in [-0.2, -0.15) is 11.3 Å². The molecule has 0 aliphatic carbocycles. The van der Waals surface area contributed by atoms with Gasteiger partial charge in [-0.05, 0) is 77.3 Å². The van der Waals surface area contributed by atoms with Crippen molar-refractivity contribution in [1.82, 2.24) is 14.8 Å². The second kappa shape index (κ2) is 13.3. The third-order valence-corrected chi connectivity index (χ3v) is 7.43. The summed E-state index contributed by atoms with van der Waals surface area (Å²) in [5, 5.41) is 17.3. The van der Waals surface area contributed by atoms with Gasteiger partial charge in [0.1, 0.15) is 11.6 Å². The van der Waals surface area contributed by atoms with Crippen LogP contribution in [-0.2, 0) is 36.0 Å². The van der Waals surface area contributed by atoms with Crippen LogP contribution in [0, 0.1) is 0 Å². The number of carbonyl (C=O) groups excluding carboxylic acids is 1. The molecule has 0 aliphatic heterocycles. The highest BCUT2D eigenvalue weighted by atomic mass is 32.2. The molecular weight excluding hydrogens is 504 g/mol. The molecule has 2 aromatic carbocycles. The molecular formula is C28H32N4O3S2. The molecule has 2 heterocycles. The van der Waals surface area contributed by atoms with E-state index in [9.17, 15) is 4.79 Å². The minimum atomic E-state index is -0.209. The van der Waals surface area contributed by atoms with Gasteiger partial charge in [0.05, 0.1) is 19.6 Å². The lowest BCUT2D eigenvalue weighted by Gasteiger charge is -2.14. The van der Waals surface area contributed by atoms with Gasteiger partial charge in [0.2, 0.25) is 0 Å². The molecule has 0 aliphatic rings. The van der Waals surface area contributed by atoms with Crippen molar-refractivity contribution < 1.29 is 14.3 Å². The van der Waals surface area contributed by atoms with Crippen molar-refractivity contribution in [3.8, 4) is 5.75 Å². The Balaban J connectivity index is 1.41. The van der Waals surface area contributed by atoms with Crippen LogP contribution >= 0.6 is 23.1 Å². The van der Waals surface area contributed by atoms with E-state index < -0.39 is 0 Å². The lowest BCUT2D eigenvalue weighted by Crippen LogP contribution is -2.07. The van der Waals surface area contributed by atoms with E-state index in [1.165, 1.54) is 5.56 Å². The SMILES string of the molecule is CCCOc1cc(Sc2nnc(Cc3ccsc3)n2C)ccc1CNc1ccc(CC(=O)OCC)cc1. The van der Waals surface area contributed by atoms with Gasteiger partial charge in [0.25, 0.3) is 0 Å². The summed E-state index contributed by atoms with van der Waals surface area (Å²) in [6, 6.07) is 16.2. The van der Waals surface area contributed by atoms with E-state index in [0.717, 1.165) is 51.3 Å². The maximum absolute atomic E-state index is 11.7. The number of ether oxygens (including phenoxy) is 2. The van der Waals surface area contributed by atoms with Crippen molar-refractivity contribution >= 4 is 34.8 Å². The predicted molar refractivity (Wildman–Crippen MR) is 149 cm³/mol. The fourth-order valence-corrected chi connectivity index (χ4v) is 5.18. The number of carbonyl (C=O) groups is 1. The minimum Gasteiger partial charge on any atom is -0.493 e. The molecule has 0 unspecified atom stereocenters. The van der Waals surface area contributed by atoms with Crippen molar-refractivity contribution in [2.24, 2.45) is 7.05 Å². The number of thiophene rings is 1. The van der Waals surface area contributed by atoms with E-state index in [4.69, 9.17) is 9.47 Å². The summed E-state index contributed by atoms with van der Waals surface area (Å²) in [4.78, 5) is 12.7. The van der Waals surface area contributed by atoms with Crippen LogP contribution in [-0.4, -0.2) is 33.9 Å². The summed E-state index contributed by atoms with van der Waals surface area (Å²) in [5.41, 5.74) is 4.23. The largest absolute Gasteiger partial charge is 0.493 e. The van der Waals surface area contributed by atoms with Crippen LogP contribution in [0.4, 0.5) is 5.69 Å². The highest BCUT2D eigenvalue weighted by Crippen LogP contribution is 2.32. The van der Waals surface area contributed by atoms with Crippen LogP contribution in [0.5, 0.6) is 5.75 Å². The van der Waals surface area contributed by atoms with E-state index in [-0.39, 0.29) is 12.4 Å². The van der Waals surface area contributed by atoms with Gasteiger partial charge in [-0.3, -0.25) is 4.79 Å². The number of rotatable bonds is 13. The zero-order valence-electron chi connectivity index (χ0n) is 21.4. The molecule has 4 aromatic rings. The van der Waals surface area contributed by atoms with Crippen molar-refractivity contribution in [2.45, 2.75) is 49.7 Å². The third kappa shape index (κ3) is 7.60. The van der Waals surface area contributed by atoms with Gasteiger partial charge in [0, 0.05) is 36.2 Å². The van der Waals surface area contributed by atoms with Crippen LogP contribution in [0.3, 0.4) is 0 Å². The Bertz CT molecular complexity index is 1290. The molecule has 0 saturated heterocycles. The van der Waals surface area contributed by atoms with Crippen molar-refractivity contribution in [2.75, 3.05) is 18.5 Å². The molecule has 0 spiro atoms. The second-order valence-electron chi connectivity index (χ2n) is 8.52. The molecule has 0 bridgehead atoms. The lowest BCUT2D eigenvalue weighted by atomic mass is 10.1. The normalized spacial score (nSPS) is 10.9. The zero-order valence-corrected chi connectivity index (χ0v) is 23.0. The molecule has 0 saturated carbocycles. The number of hydrogen-bond donors (Lipinski definition) is 1. The highest BCUT2D eigenvalue weighted by Gasteiger charge is 2.13. The number of esters is 1. The third-order valence-electron chi connectivity index (χ3n) is 5.67. The molecule has 0 fully saturated rings. The molecule has 0 radical (unpaired) electrons. The summed E-state index contributed by atoms with van der Waals surface area (Å²) in [5.74, 6) is 1.59. The first kappa shape index (κ1) is 26.8. The van der Waals surface area contributed by atoms with Crippen molar-refractivity contribution in [3.05, 3.63) is 81.8 Å². The Morgan fingerprint density at radius 2 is 1.92 bits per heavy atom. The highest BCUT2D eigenvalue weighted by molar-refractivity contribution is 7.99. The average molecular weight is 537 g/mol. The van der Waals surface area contributed by atoms with Crippen LogP contribution in [0.15, 0.2) is 69.3 Å². The number of nitrogens with one attached hydrogen (secondary N) is 1. The first-order valence-electron chi connectivity index (χ1n) is 12.4. The monoisotopic (exact) mass is 536 g/mol. The Hall–Kier alpha value is -3.30. The number of aromatic nitrogens is 3. The predicted octanol–water partition coefficient (Wildman–Crippen LogP) is 6.13. The van der Waals surface area contributed by atoms with Gasteiger partial charge in [-0.25, -0.2) is 0 Å². The first-order valence-corrected chi connectivity index (χ1v) is 14.1. The zero-order chi connectivity index (χ0) is 26.0. The summed E-state index contributed by atoms with van der Waals surface area (Å²) in [6.07, 6.45) is 1.98. The van der Waals surface area contributed by atoms with Crippen LogP contribution in [0.2, 0.25) is 0 Å². The molecule has 0 atom stereocenters. The van der Waals surface area contributed by atoms with Crippen LogP contribution in [0.25, 0.3) is 0 Å². The summed E-state index contributed by atoms with van der Waals surface area (Å²) in [7, 11) is 2.01. The standard InChI is InChI=1S/C28H32N4O3S2/c1-4-13-35-25-17-24(37-28-31-30-26(32(28)3)15-21-12-14-36-19-21)11-8-22(25)18-29-23-9-6-20(7-10-23)16-27(33)34-5-2/h6-12,14,17,19,29H,4-5,13,15-16,18H2,1-3H3. The summed E-state index contributed by atoms with van der Waals surface area (Å²) in [6.45, 7) is 5.58. The van der Waals surface area contributed by atoms with Crippen molar-refractivity contribution in [3.63, 3.8) is 0 Å². The Labute approximate surface area is 226 Å². The van der Waals surface area contributed by atoms with Gasteiger partial charge in [-0.1, -0.05) is 25.1 Å². The Morgan fingerprint density at radius 3 is 2.65 bits per heavy atom. The van der Waals surface area contributed by atoms with Crippen LogP contribution < -0.4 is 10.1 Å². The molecule has 9 heteroatoms. The molecule has 2 aromatic heterocycles. The topological polar surface area (TPSA) is 78.3 Å². The molecule has 4 rings (SSSR count). The second-order valence-corrected chi connectivity index (χ2v) is 10.3.